The van der Waals surface area contributed by atoms with Crippen molar-refractivity contribution in [3.8, 4) is 5.88 Å². The molecule has 0 fully saturated rings. The third-order valence-corrected chi connectivity index (χ3v) is 3.14. The number of carbonyl (C=O) groups is 2. The van der Waals surface area contributed by atoms with E-state index >= 15 is 0 Å². The van der Waals surface area contributed by atoms with Crippen molar-refractivity contribution in [3.63, 3.8) is 0 Å². The molecule has 0 aliphatic heterocycles. The smallest absolute Gasteiger partial charge is 0.422 e. The van der Waals surface area contributed by atoms with Crippen LogP contribution in [0.15, 0.2) is 41.1 Å². The standard InChI is InChI=1S/C16H16F3N3O4/c1-10(14(23)21-8-12-3-2-6-25-12)22-15(24)11-4-5-13(20-7-11)26-9-16(17,18)19/h2-7,10H,8-9H2,1H3,(H,21,23)(H,22,24). The lowest BCUT2D eigenvalue weighted by molar-refractivity contribution is -0.154. The number of halogens is 3. The van der Waals surface area contributed by atoms with Gasteiger partial charge in [0.05, 0.1) is 18.4 Å². The van der Waals surface area contributed by atoms with E-state index in [0.717, 1.165) is 12.3 Å². The van der Waals surface area contributed by atoms with Gasteiger partial charge >= 0.3 is 6.18 Å². The van der Waals surface area contributed by atoms with Crippen LogP contribution in [0.2, 0.25) is 0 Å². The minimum Gasteiger partial charge on any atom is -0.468 e. The Morgan fingerprint density at radius 1 is 1.31 bits per heavy atom. The fourth-order valence-electron chi connectivity index (χ4n) is 1.84. The molecule has 1 atom stereocenters. The molecule has 140 valence electrons. The maximum atomic E-state index is 12.1. The Balaban J connectivity index is 1.83. The number of furan rings is 1. The van der Waals surface area contributed by atoms with Crippen LogP contribution in [-0.2, 0) is 11.3 Å². The van der Waals surface area contributed by atoms with Gasteiger partial charge in [0.15, 0.2) is 6.61 Å². The fraction of sp³-hybridized carbons (Fsp3) is 0.312. The zero-order chi connectivity index (χ0) is 19.2. The molecule has 0 saturated carbocycles. The van der Waals surface area contributed by atoms with Gasteiger partial charge in [0, 0.05) is 12.3 Å². The fourth-order valence-corrected chi connectivity index (χ4v) is 1.84. The van der Waals surface area contributed by atoms with Crippen LogP contribution in [0.3, 0.4) is 0 Å². The average molecular weight is 371 g/mol. The highest BCUT2D eigenvalue weighted by Gasteiger charge is 2.28. The summed E-state index contributed by atoms with van der Waals surface area (Å²) in [6.07, 6.45) is -1.94. The first-order valence-corrected chi connectivity index (χ1v) is 7.51. The van der Waals surface area contributed by atoms with Crippen molar-refractivity contribution in [2.24, 2.45) is 0 Å². The van der Waals surface area contributed by atoms with E-state index in [1.54, 1.807) is 12.1 Å². The summed E-state index contributed by atoms with van der Waals surface area (Å²) < 4.78 is 45.7. The van der Waals surface area contributed by atoms with Crippen molar-refractivity contribution in [1.29, 1.82) is 0 Å². The number of ether oxygens (including phenoxy) is 1. The van der Waals surface area contributed by atoms with Gasteiger partial charge in [0.2, 0.25) is 11.8 Å². The number of nitrogens with one attached hydrogen (secondary N) is 2. The van der Waals surface area contributed by atoms with Gasteiger partial charge in [-0.05, 0) is 25.1 Å². The molecule has 10 heteroatoms. The van der Waals surface area contributed by atoms with Crippen molar-refractivity contribution in [3.05, 3.63) is 48.0 Å². The minimum atomic E-state index is -4.48. The summed E-state index contributed by atoms with van der Waals surface area (Å²) in [6.45, 7) is 0.195. The first-order chi connectivity index (χ1) is 12.2. The van der Waals surface area contributed by atoms with Crippen molar-refractivity contribution in [2.75, 3.05) is 6.61 Å². The van der Waals surface area contributed by atoms with E-state index in [9.17, 15) is 22.8 Å². The third-order valence-electron chi connectivity index (χ3n) is 3.14. The van der Waals surface area contributed by atoms with Crippen LogP contribution in [0, 0.1) is 0 Å². The lowest BCUT2D eigenvalue weighted by Gasteiger charge is -2.14. The molecule has 0 bridgehead atoms. The van der Waals surface area contributed by atoms with Crippen molar-refractivity contribution >= 4 is 11.8 Å². The summed E-state index contributed by atoms with van der Waals surface area (Å²) in [5.74, 6) is -0.716. The molecule has 1 unspecified atom stereocenters. The van der Waals surface area contributed by atoms with Gasteiger partial charge in [-0.3, -0.25) is 9.59 Å². The Labute approximate surface area is 146 Å². The first kappa shape index (κ1) is 19.3. The molecular weight excluding hydrogens is 355 g/mol. The average Bonchev–Trinajstić information content (AvgIpc) is 3.11. The zero-order valence-corrected chi connectivity index (χ0v) is 13.7. The van der Waals surface area contributed by atoms with E-state index in [4.69, 9.17) is 4.42 Å². The number of hydrogen-bond donors (Lipinski definition) is 2. The first-order valence-electron chi connectivity index (χ1n) is 7.51. The Hall–Kier alpha value is -3.04. The highest BCUT2D eigenvalue weighted by atomic mass is 19.4. The lowest BCUT2D eigenvalue weighted by Crippen LogP contribution is -2.44. The Morgan fingerprint density at radius 2 is 2.08 bits per heavy atom. The molecule has 2 rings (SSSR count). The summed E-state index contributed by atoms with van der Waals surface area (Å²) in [5, 5.41) is 5.05. The molecule has 2 heterocycles. The van der Waals surface area contributed by atoms with E-state index in [2.05, 4.69) is 20.4 Å². The van der Waals surface area contributed by atoms with Crippen LogP contribution >= 0.6 is 0 Å². The Kier molecular flexibility index (Phi) is 6.21. The van der Waals surface area contributed by atoms with Gasteiger partial charge in [0.25, 0.3) is 5.91 Å². The quantitative estimate of drug-likeness (QED) is 0.777. The van der Waals surface area contributed by atoms with Gasteiger partial charge in [-0.2, -0.15) is 13.2 Å². The number of carbonyl (C=O) groups excluding carboxylic acids is 2. The summed E-state index contributed by atoms with van der Waals surface area (Å²) >= 11 is 0. The molecule has 2 aromatic rings. The maximum absolute atomic E-state index is 12.1. The predicted octanol–water partition coefficient (Wildman–Crippen LogP) is 2.05. The molecular formula is C16H16F3N3O4. The molecule has 0 saturated heterocycles. The highest BCUT2D eigenvalue weighted by molar-refractivity contribution is 5.97. The summed E-state index contributed by atoms with van der Waals surface area (Å²) in [5.41, 5.74) is 0.0787. The van der Waals surface area contributed by atoms with Crippen LogP contribution in [-0.4, -0.2) is 35.6 Å². The van der Waals surface area contributed by atoms with Crippen molar-refractivity contribution < 1.29 is 31.9 Å². The Morgan fingerprint density at radius 3 is 2.65 bits per heavy atom. The molecule has 0 radical (unpaired) electrons. The van der Waals surface area contributed by atoms with Crippen LogP contribution in [0.4, 0.5) is 13.2 Å². The van der Waals surface area contributed by atoms with Crippen molar-refractivity contribution in [1.82, 2.24) is 15.6 Å². The van der Waals surface area contributed by atoms with E-state index in [-0.39, 0.29) is 18.0 Å². The van der Waals surface area contributed by atoms with E-state index in [1.807, 2.05) is 0 Å². The molecule has 7 nitrogen and oxygen atoms in total. The van der Waals surface area contributed by atoms with Gasteiger partial charge in [0.1, 0.15) is 11.8 Å². The number of amides is 2. The third kappa shape index (κ3) is 6.11. The summed E-state index contributed by atoms with van der Waals surface area (Å²) in [7, 11) is 0. The topological polar surface area (TPSA) is 93.5 Å². The van der Waals surface area contributed by atoms with Crippen molar-refractivity contribution in [2.45, 2.75) is 25.7 Å². The van der Waals surface area contributed by atoms with E-state index in [0.29, 0.717) is 5.76 Å². The largest absolute Gasteiger partial charge is 0.468 e. The van der Waals surface area contributed by atoms with Crippen LogP contribution < -0.4 is 15.4 Å². The van der Waals surface area contributed by atoms with Gasteiger partial charge in [-0.1, -0.05) is 0 Å². The number of pyridine rings is 1. The molecule has 0 aliphatic rings. The van der Waals surface area contributed by atoms with Crippen LogP contribution in [0.1, 0.15) is 23.0 Å². The van der Waals surface area contributed by atoms with Gasteiger partial charge < -0.3 is 19.8 Å². The molecule has 26 heavy (non-hydrogen) atoms. The Bertz CT molecular complexity index is 730. The monoisotopic (exact) mass is 371 g/mol. The van der Waals surface area contributed by atoms with Crippen LogP contribution in [0.25, 0.3) is 0 Å². The summed E-state index contributed by atoms with van der Waals surface area (Å²) in [4.78, 5) is 27.6. The molecule has 0 spiro atoms. The van der Waals surface area contributed by atoms with Gasteiger partial charge in [-0.25, -0.2) is 4.98 Å². The summed E-state index contributed by atoms with van der Waals surface area (Å²) in [6, 6.07) is 4.93. The SMILES string of the molecule is CC(NC(=O)c1ccc(OCC(F)(F)F)nc1)C(=O)NCc1ccco1. The second-order valence-corrected chi connectivity index (χ2v) is 5.28. The maximum Gasteiger partial charge on any atom is 0.422 e. The zero-order valence-electron chi connectivity index (χ0n) is 13.7. The van der Waals surface area contributed by atoms with Crippen LogP contribution in [0.5, 0.6) is 5.88 Å². The molecule has 2 amide bonds. The van der Waals surface area contributed by atoms with E-state index < -0.39 is 30.6 Å². The number of hydrogen-bond acceptors (Lipinski definition) is 5. The molecule has 2 aromatic heterocycles. The second-order valence-electron chi connectivity index (χ2n) is 5.28. The number of alkyl halides is 3. The number of nitrogens with zero attached hydrogens (tertiary/aromatic N) is 1. The number of aromatic nitrogens is 1. The number of rotatable bonds is 7. The highest BCUT2D eigenvalue weighted by Crippen LogP contribution is 2.17. The van der Waals surface area contributed by atoms with Gasteiger partial charge in [-0.15, -0.1) is 0 Å². The lowest BCUT2D eigenvalue weighted by atomic mass is 10.2. The van der Waals surface area contributed by atoms with E-state index in [1.165, 1.54) is 19.3 Å². The second kappa shape index (κ2) is 8.37. The normalized spacial score (nSPS) is 12.3. The minimum absolute atomic E-state index is 0.0787. The molecule has 0 aliphatic carbocycles. The predicted molar refractivity (Wildman–Crippen MR) is 83.3 cm³/mol. The molecule has 2 N–H and O–H groups in total. The molecule has 0 aromatic carbocycles.